The molecule has 1 saturated heterocycles. The number of hydrogen-bond acceptors (Lipinski definition) is 3. The Labute approximate surface area is 113 Å². The Hall–Kier alpha value is -1.62. The summed E-state index contributed by atoms with van der Waals surface area (Å²) in [6.45, 7) is 6.10. The van der Waals surface area contributed by atoms with Crippen molar-refractivity contribution in [3.63, 3.8) is 0 Å². The highest BCUT2D eigenvalue weighted by molar-refractivity contribution is 5.76. The highest BCUT2D eigenvalue weighted by atomic mass is 16.2. The van der Waals surface area contributed by atoms with Crippen molar-refractivity contribution in [1.82, 2.24) is 14.8 Å². The van der Waals surface area contributed by atoms with Gasteiger partial charge in [0.2, 0.25) is 5.91 Å². The predicted octanol–water partition coefficient (Wildman–Crippen LogP) is 0.447. The van der Waals surface area contributed by atoms with Crippen molar-refractivity contribution in [1.29, 1.82) is 0 Å². The summed E-state index contributed by atoms with van der Waals surface area (Å²) in [6, 6.07) is 5.68. The van der Waals surface area contributed by atoms with Gasteiger partial charge in [-0.15, -0.1) is 0 Å². The summed E-state index contributed by atoms with van der Waals surface area (Å²) in [5.41, 5.74) is -0.0580. The Bertz CT molecular complexity index is 487. The molecular weight excluding hydrogens is 242 g/mol. The van der Waals surface area contributed by atoms with E-state index < -0.39 is 0 Å². The molecule has 0 bridgehead atoms. The summed E-state index contributed by atoms with van der Waals surface area (Å²) >= 11 is 0. The van der Waals surface area contributed by atoms with E-state index in [1.165, 1.54) is 6.07 Å². The van der Waals surface area contributed by atoms with E-state index in [0.29, 0.717) is 25.0 Å². The normalized spacial score (nSPS) is 23.4. The van der Waals surface area contributed by atoms with Gasteiger partial charge in [-0.3, -0.25) is 9.59 Å². The monoisotopic (exact) mass is 263 g/mol. The average Bonchev–Trinajstić information content (AvgIpc) is 2.36. The number of carbonyl (C=O) groups is 1. The van der Waals surface area contributed by atoms with Gasteiger partial charge in [-0.2, -0.15) is 0 Å². The highest BCUT2D eigenvalue weighted by Gasteiger charge is 2.24. The van der Waals surface area contributed by atoms with Crippen LogP contribution in [0.1, 0.15) is 20.3 Å². The molecule has 5 heteroatoms. The number of pyridine rings is 1. The second-order valence-corrected chi connectivity index (χ2v) is 5.25. The molecule has 1 amide bonds. The van der Waals surface area contributed by atoms with Crippen LogP contribution < -0.4 is 10.9 Å². The summed E-state index contributed by atoms with van der Waals surface area (Å²) in [5.74, 6) is 0.121. The Morgan fingerprint density at radius 2 is 2.00 bits per heavy atom. The first-order valence-corrected chi connectivity index (χ1v) is 6.75. The molecule has 0 unspecified atom stereocenters. The molecule has 5 nitrogen and oxygen atoms in total. The lowest BCUT2D eigenvalue weighted by molar-refractivity contribution is -0.133. The van der Waals surface area contributed by atoms with Gasteiger partial charge < -0.3 is 14.8 Å². The van der Waals surface area contributed by atoms with Gasteiger partial charge in [0.05, 0.1) is 0 Å². The van der Waals surface area contributed by atoms with Gasteiger partial charge in [0.25, 0.3) is 5.56 Å². The summed E-state index contributed by atoms with van der Waals surface area (Å²) in [4.78, 5) is 25.6. The molecule has 1 N–H and O–H groups in total. The summed E-state index contributed by atoms with van der Waals surface area (Å²) in [6.07, 6.45) is 2.10. The van der Waals surface area contributed by atoms with Crippen molar-refractivity contribution in [3.05, 3.63) is 34.7 Å². The molecule has 1 aromatic heterocycles. The van der Waals surface area contributed by atoms with Crippen LogP contribution in [0.25, 0.3) is 0 Å². The third-order valence-electron chi connectivity index (χ3n) is 3.38. The zero-order valence-corrected chi connectivity index (χ0v) is 11.5. The molecule has 0 aliphatic carbocycles. The lowest BCUT2D eigenvalue weighted by Gasteiger charge is -2.36. The molecule has 104 valence electrons. The van der Waals surface area contributed by atoms with Crippen LogP contribution in [0.3, 0.4) is 0 Å². The quantitative estimate of drug-likeness (QED) is 0.861. The molecule has 2 heterocycles. The smallest absolute Gasteiger partial charge is 0.250 e. The first-order chi connectivity index (χ1) is 9.06. The first-order valence-electron chi connectivity index (χ1n) is 6.75. The van der Waals surface area contributed by atoms with Crippen LogP contribution in [-0.2, 0) is 11.3 Å². The second kappa shape index (κ2) is 6.02. The molecule has 19 heavy (non-hydrogen) atoms. The minimum absolute atomic E-state index is 0.0580. The largest absolute Gasteiger partial charge is 0.340 e. The van der Waals surface area contributed by atoms with Crippen molar-refractivity contribution < 1.29 is 4.79 Å². The fraction of sp³-hybridized carbons (Fsp3) is 0.571. The number of nitrogens with one attached hydrogen (secondary N) is 1. The lowest BCUT2D eigenvalue weighted by atomic mass is 10.1. The molecule has 2 atom stereocenters. The van der Waals surface area contributed by atoms with Gasteiger partial charge in [0, 0.05) is 50.4 Å². The first kappa shape index (κ1) is 13.8. The summed E-state index contributed by atoms with van der Waals surface area (Å²) < 4.78 is 1.58. The molecule has 0 saturated carbocycles. The number of amides is 1. The van der Waals surface area contributed by atoms with E-state index in [0.717, 1.165) is 13.1 Å². The van der Waals surface area contributed by atoms with Gasteiger partial charge in [-0.1, -0.05) is 6.07 Å². The molecule has 1 aliphatic rings. The van der Waals surface area contributed by atoms with Gasteiger partial charge >= 0.3 is 0 Å². The number of hydrogen-bond donors (Lipinski definition) is 1. The van der Waals surface area contributed by atoms with Crippen molar-refractivity contribution in [2.45, 2.75) is 38.9 Å². The van der Waals surface area contributed by atoms with Gasteiger partial charge in [-0.05, 0) is 19.9 Å². The third kappa shape index (κ3) is 3.67. The molecule has 0 spiro atoms. The van der Waals surface area contributed by atoms with Crippen molar-refractivity contribution in [2.75, 3.05) is 13.1 Å². The number of carbonyl (C=O) groups excluding carboxylic acids is 1. The zero-order valence-electron chi connectivity index (χ0n) is 11.5. The lowest BCUT2D eigenvalue weighted by Crippen LogP contribution is -2.55. The molecular formula is C14H21N3O2. The number of nitrogens with zero attached hydrogens (tertiary/aromatic N) is 2. The maximum absolute atomic E-state index is 12.2. The standard InChI is InChI=1S/C14H21N3O2/c1-11-9-17(10-12(2)15-11)14(19)6-8-16-7-4-3-5-13(16)18/h3-5,7,11-12,15H,6,8-10H2,1-2H3/t11-,12-/m0/s1. The second-order valence-electron chi connectivity index (χ2n) is 5.25. The fourth-order valence-corrected chi connectivity index (χ4v) is 2.55. The molecule has 0 radical (unpaired) electrons. The van der Waals surface area contributed by atoms with Crippen LogP contribution in [0.5, 0.6) is 0 Å². The third-order valence-corrected chi connectivity index (χ3v) is 3.38. The van der Waals surface area contributed by atoms with Crippen LogP contribution >= 0.6 is 0 Å². The van der Waals surface area contributed by atoms with E-state index in [9.17, 15) is 9.59 Å². The molecule has 1 aromatic rings. The average molecular weight is 263 g/mol. The van der Waals surface area contributed by atoms with E-state index in [1.807, 2.05) is 4.90 Å². The van der Waals surface area contributed by atoms with Crippen LogP contribution in [-0.4, -0.2) is 40.5 Å². The Morgan fingerprint density at radius 1 is 1.32 bits per heavy atom. The maximum Gasteiger partial charge on any atom is 0.250 e. The minimum Gasteiger partial charge on any atom is -0.340 e. The van der Waals surface area contributed by atoms with Crippen molar-refractivity contribution in [3.8, 4) is 0 Å². The van der Waals surface area contributed by atoms with Crippen molar-refractivity contribution >= 4 is 5.91 Å². The number of piperazine rings is 1. The van der Waals surface area contributed by atoms with Crippen LogP contribution in [0.4, 0.5) is 0 Å². The fourth-order valence-electron chi connectivity index (χ4n) is 2.55. The number of aromatic nitrogens is 1. The topological polar surface area (TPSA) is 54.3 Å². The maximum atomic E-state index is 12.2. The minimum atomic E-state index is -0.0580. The predicted molar refractivity (Wildman–Crippen MR) is 74.0 cm³/mol. The van der Waals surface area contributed by atoms with Crippen molar-refractivity contribution in [2.24, 2.45) is 0 Å². The molecule has 1 aliphatic heterocycles. The zero-order chi connectivity index (χ0) is 13.8. The highest BCUT2D eigenvalue weighted by Crippen LogP contribution is 2.06. The Morgan fingerprint density at radius 3 is 2.63 bits per heavy atom. The van der Waals surface area contributed by atoms with Gasteiger partial charge in [-0.25, -0.2) is 0 Å². The van der Waals surface area contributed by atoms with E-state index in [-0.39, 0.29) is 11.5 Å². The molecule has 2 rings (SSSR count). The van der Waals surface area contributed by atoms with Gasteiger partial charge in [0.15, 0.2) is 0 Å². The van der Waals surface area contributed by atoms with E-state index in [4.69, 9.17) is 0 Å². The summed E-state index contributed by atoms with van der Waals surface area (Å²) in [7, 11) is 0. The van der Waals surface area contributed by atoms with E-state index in [2.05, 4.69) is 19.2 Å². The Balaban J connectivity index is 1.91. The van der Waals surface area contributed by atoms with Crippen LogP contribution in [0.2, 0.25) is 0 Å². The molecule has 1 fully saturated rings. The van der Waals surface area contributed by atoms with Crippen LogP contribution in [0.15, 0.2) is 29.2 Å². The van der Waals surface area contributed by atoms with Crippen LogP contribution in [0, 0.1) is 0 Å². The van der Waals surface area contributed by atoms with E-state index >= 15 is 0 Å². The number of aryl methyl sites for hydroxylation is 1. The SMILES string of the molecule is C[C@H]1CN(C(=O)CCn2ccccc2=O)C[C@H](C)N1. The van der Waals surface area contributed by atoms with E-state index in [1.54, 1.807) is 22.9 Å². The summed E-state index contributed by atoms with van der Waals surface area (Å²) in [5, 5.41) is 3.40. The van der Waals surface area contributed by atoms with Gasteiger partial charge in [0.1, 0.15) is 0 Å². The number of rotatable bonds is 3. The molecule has 0 aromatic carbocycles. The Kier molecular flexibility index (Phi) is 4.37.